The van der Waals surface area contributed by atoms with E-state index in [4.69, 9.17) is 0 Å². The summed E-state index contributed by atoms with van der Waals surface area (Å²) in [6.45, 7) is 0.0855. The first kappa shape index (κ1) is 15.1. The Kier molecular flexibility index (Phi) is 5.77. The molecule has 18 heavy (non-hydrogen) atoms. The lowest BCUT2D eigenvalue weighted by molar-refractivity contribution is -0.120. The largest absolute Gasteiger partial charge is 0.359 e. The minimum absolute atomic E-state index is 0.0855. The van der Waals surface area contributed by atoms with Crippen molar-refractivity contribution in [3.63, 3.8) is 0 Å². The molecular weight excluding hydrogens is 320 g/mol. The van der Waals surface area contributed by atoms with Gasteiger partial charge >= 0.3 is 0 Å². The normalized spacial score (nSPS) is 11.2. The van der Waals surface area contributed by atoms with Crippen LogP contribution in [0.5, 0.6) is 0 Å². The number of nitrogens with one attached hydrogen (secondary N) is 2. The van der Waals surface area contributed by atoms with Crippen LogP contribution in [0.25, 0.3) is 0 Å². The number of rotatable bonds is 6. The summed E-state index contributed by atoms with van der Waals surface area (Å²) in [4.78, 5) is 11.2. The fourth-order valence-electron chi connectivity index (χ4n) is 1.26. The predicted octanol–water partition coefficient (Wildman–Crippen LogP) is 0.996. The maximum absolute atomic E-state index is 11.8. The Labute approximate surface area is 115 Å². The van der Waals surface area contributed by atoms with Gasteiger partial charge in [-0.25, -0.2) is 13.1 Å². The van der Waals surface area contributed by atoms with Gasteiger partial charge in [-0.15, -0.1) is 0 Å². The van der Waals surface area contributed by atoms with Crippen molar-refractivity contribution in [2.24, 2.45) is 0 Å². The molecular formula is C11H15BrN2O3S. The van der Waals surface area contributed by atoms with Crippen molar-refractivity contribution in [2.45, 2.75) is 16.6 Å². The Balaban J connectivity index is 2.65. The van der Waals surface area contributed by atoms with E-state index in [9.17, 15) is 13.2 Å². The highest BCUT2D eigenvalue weighted by Crippen LogP contribution is 2.12. The number of carbonyl (C=O) groups excluding carboxylic acids is 1. The second kappa shape index (κ2) is 6.86. The highest BCUT2D eigenvalue weighted by atomic mass is 79.9. The number of carbonyl (C=O) groups is 1. The Morgan fingerprint density at radius 1 is 1.28 bits per heavy atom. The monoisotopic (exact) mass is 334 g/mol. The second-order valence-corrected chi connectivity index (χ2v) is 5.93. The molecule has 0 spiro atoms. The van der Waals surface area contributed by atoms with Gasteiger partial charge in [0.1, 0.15) is 0 Å². The average Bonchev–Trinajstić information content (AvgIpc) is 2.38. The number of alkyl halides is 1. The van der Waals surface area contributed by atoms with E-state index in [1.807, 2.05) is 0 Å². The van der Waals surface area contributed by atoms with Gasteiger partial charge < -0.3 is 5.32 Å². The molecule has 1 aromatic carbocycles. The van der Waals surface area contributed by atoms with E-state index < -0.39 is 10.0 Å². The number of halogens is 1. The smallest absolute Gasteiger partial charge is 0.240 e. The van der Waals surface area contributed by atoms with E-state index in [1.54, 1.807) is 24.3 Å². The summed E-state index contributed by atoms with van der Waals surface area (Å²) in [5.74, 6) is -0.202. The van der Waals surface area contributed by atoms with Crippen molar-refractivity contribution in [3.8, 4) is 0 Å². The molecule has 0 atom stereocenters. The summed E-state index contributed by atoms with van der Waals surface area (Å²) in [7, 11) is -2.02. The lowest BCUT2D eigenvalue weighted by Gasteiger charge is -2.06. The van der Waals surface area contributed by atoms with E-state index in [0.717, 1.165) is 5.56 Å². The molecule has 1 amide bonds. The van der Waals surface area contributed by atoms with Crippen LogP contribution in [0.15, 0.2) is 29.2 Å². The van der Waals surface area contributed by atoms with Gasteiger partial charge in [-0.3, -0.25) is 4.79 Å². The molecule has 100 valence electrons. The zero-order chi connectivity index (χ0) is 13.6. The topological polar surface area (TPSA) is 75.3 Å². The lowest BCUT2D eigenvalue weighted by Crippen LogP contribution is -2.29. The summed E-state index contributed by atoms with van der Waals surface area (Å²) in [5, 5.41) is 3.11. The van der Waals surface area contributed by atoms with Crippen molar-refractivity contribution in [1.82, 2.24) is 10.0 Å². The summed E-state index contributed by atoms with van der Waals surface area (Å²) in [6, 6.07) is 6.56. The number of amides is 1. The summed E-state index contributed by atoms with van der Waals surface area (Å²) in [5.41, 5.74) is 0.999. The van der Waals surface area contributed by atoms with Crippen molar-refractivity contribution in [1.29, 1.82) is 0 Å². The maximum atomic E-state index is 11.8. The fourth-order valence-corrected chi connectivity index (χ4v) is 2.67. The van der Waals surface area contributed by atoms with Gasteiger partial charge in [0.15, 0.2) is 0 Å². The Bertz CT molecular complexity index is 500. The fraction of sp³-hybridized carbons (Fsp3) is 0.364. The Hall–Kier alpha value is -0.920. The van der Waals surface area contributed by atoms with Gasteiger partial charge in [0.2, 0.25) is 15.9 Å². The summed E-state index contributed by atoms with van der Waals surface area (Å²) in [6.07, 6.45) is 0.120. The van der Waals surface area contributed by atoms with Gasteiger partial charge in [0.05, 0.1) is 4.90 Å². The minimum Gasteiger partial charge on any atom is -0.359 e. The van der Waals surface area contributed by atoms with Crippen LogP contribution in [-0.4, -0.2) is 27.9 Å². The van der Waals surface area contributed by atoms with Crippen molar-refractivity contribution >= 4 is 31.9 Å². The van der Waals surface area contributed by atoms with Crippen LogP contribution in [-0.2, 0) is 20.1 Å². The van der Waals surface area contributed by atoms with Gasteiger partial charge in [-0.1, -0.05) is 28.1 Å². The Morgan fingerprint density at radius 2 is 1.89 bits per heavy atom. The van der Waals surface area contributed by atoms with Gasteiger partial charge in [-0.05, 0) is 17.7 Å². The van der Waals surface area contributed by atoms with E-state index in [1.165, 1.54) is 7.05 Å². The van der Waals surface area contributed by atoms with E-state index in [2.05, 4.69) is 26.0 Å². The third-order valence-corrected chi connectivity index (χ3v) is 4.44. The zero-order valence-corrected chi connectivity index (χ0v) is 12.3. The van der Waals surface area contributed by atoms with Crippen LogP contribution < -0.4 is 10.0 Å². The molecule has 0 fully saturated rings. The number of sulfonamides is 1. The molecule has 0 aliphatic heterocycles. The van der Waals surface area contributed by atoms with Crippen molar-refractivity contribution in [2.75, 3.05) is 13.6 Å². The van der Waals surface area contributed by atoms with Gasteiger partial charge in [0, 0.05) is 25.3 Å². The standard InChI is InChI=1S/C11H15BrN2O3S/c1-13-11(15)6-7-14-18(16,17)10-4-2-9(8-12)3-5-10/h2-5,14H,6-8H2,1H3,(H,13,15). The molecule has 0 saturated heterocycles. The van der Waals surface area contributed by atoms with Gasteiger partial charge in [-0.2, -0.15) is 0 Å². The quantitative estimate of drug-likeness (QED) is 0.762. The van der Waals surface area contributed by atoms with Crippen molar-refractivity contribution in [3.05, 3.63) is 29.8 Å². The molecule has 0 heterocycles. The average molecular weight is 335 g/mol. The first-order chi connectivity index (χ1) is 8.49. The molecule has 0 saturated carbocycles. The van der Waals surface area contributed by atoms with Crippen LogP contribution in [0.3, 0.4) is 0 Å². The molecule has 0 bridgehead atoms. The maximum Gasteiger partial charge on any atom is 0.240 e. The molecule has 0 aromatic heterocycles. The zero-order valence-electron chi connectivity index (χ0n) is 9.94. The number of hydrogen-bond donors (Lipinski definition) is 2. The molecule has 5 nitrogen and oxygen atoms in total. The number of benzene rings is 1. The molecule has 0 aliphatic carbocycles. The highest BCUT2D eigenvalue weighted by Gasteiger charge is 2.13. The van der Waals surface area contributed by atoms with E-state index in [-0.39, 0.29) is 23.8 Å². The summed E-state index contributed by atoms with van der Waals surface area (Å²) < 4.78 is 26.1. The first-order valence-electron chi connectivity index (χ1n) is 5.34. The molecule has 7 heteroatoms. The predicted molar refractivity (Wildman–Crippen MR) is 72.9 cm³/mol. The van der Waals surface area contributed by atoms with Crippen LogP contribution in [0.2, 0.25) is 0 Å². The molecule has 1 rings (SSSR count). The first-order valence-corrected chi connectivity index (χ1v) is 7.95. The van der Waals surface area contributed by atoms with E-state index in [0.29, 0.717) is 5.33 Å². The van der Waals surface area contributed by atoms with Crippen LogP contribution in [0.4, 0.5) is 0 Å². The molecule has 0 aliphatic rings. The third-order valence-electron chi connectivity index (χ3n) is 2.31. The van der Waals surface area contributed by atoms with Crippen LogP contribution >= 0.6 is 15.9 Å². The second-order valence-electron chi connectivity index (χ2n) is 3.60. The summed E-state index contributed by atoms with van der Waals surface area (Å²) >= 11 is 3.29. The molecule has 0 radical (unpaired) electrons. The molecule has 1 aromatic rings. The third kappa shape index (κ3) is 4.40. The Morgan fingerprint density at radius 3 is 2.39 bits per heavy atom. The van der Waals surface area contributed by atoms with Crippen molar-refractivity contribution < 1.29 is 13.2 Å². The highest BCUT2D eigenvalue weighted by molar-refractivity contribution is 9.08. The van der Waals surface area contributed by atoms with E-state index >= 15 is 0 Å². The van der Waals surface area contributed by atoms with Gasteiger partial charge in [0.25, 0.3) is 0 Å². The number of hydrogen-bond acceptors (Lipinski definition) is 3. The molecule has 2 N–H and O–H groups in total. The minimum atomic E-state index is -3.53. The van der Waals surface area contributed by atoms with Crippen LogP contribution in [0.1, 0.15) is 12.0 Å². The SMILES string of the molecule is CNC(=O)CCNS(=O)(=O)c1ccc(CBr)cc1. The molecule has 0 unspecified atom stereocenters. The lowest BCUT2D eigenvalue weighted by atomic mass is 10.2. The van der Waals surface area contributed by atoms with Crippen LogP contribution in [0, 0.1) is 0 Å².